The van der Waals surface area contributed by atoms with Crippen LogP contribution in [0.25, 0.3) is 0 Å². The number of aromatic amines is 1. The summed E-state index contributed by atoms with van der Waals surface area (Å²) in [4.78, 5) is 26.9. The van der Waals surface area contributed by atoms with Crippen LogP contribution in [0.15, 0.2) is 18.2 Å². The zero-order valence-electron chi connectivity index (χ0n) is 17.3. The predicted molar refractivity (Wildman–Crippen MR) is 106 cm³/mol. The number of methoxy groups -OCH3 is 2. The monoisotopic (exact) mass is 402 g/mol. The highest BCUT2D eigenvalue weighted by Crippen LogP contribution is 2.30. The molecule has 29 heavy (non-hydrogen) atoms. The molecule has 1 aromatic heterocycles. The molecule has 0 spiro atoms. The Hall–Kier alpha value is -3.23. The van der Waals surface area contributed by atoms with Gasteiger partial charge in [0.15, 0.2) is 5.82 Å². The number of nitrogens with one attached hydrogen (secondary N) is 2. The number of carbonyl (C=O) groups excluding carboxylic acids is 2. The number of carbonyl (C=O) groups is 2. The summed E-state index contributed by atoms with van der Waals surface area (Å²) < 4.78 is 16.1. The van der Waals surface area contributed by atoms with Crippen LogP contribution in [0, 0.1) is 0 Å². The average molecular weight is 402 g/mol. The van der Waals surface area contributed by atoms with Crippen LogP contribution < -0.4 is 14.8 Å². The smallest absolute Gasteiger partial charge is 0.410 e. The van der Waals surface area contributed by atoms with Gasteiger partial charge >= 0.3 is 6.09 Å². The highest BCUT2D eigenvalue weighted by molar-refractivity contribution is 6.08. The van der Waals surface area contributed by atoms with Gasteiger partial charge in [0.05, 0.1) is 20.8 Å². The third-order valence-electron chi connectivity index (χ3n) is 4.47. The molecule has 156 valence electrons. The topological polar surface area (TPSA) is 106 Å². The number of H-pyrrole nitrogens is 1. The number of amides is 2. The van der Waals surface area contributed by atoms with Gasteiger partial charge in [0.25, 0.3) is 5.91 Å². The molecule has 2 heterocycles. The zero-order chi connectivity index (χ0) is 21.2. The molecule has 0 radical (unpaired) electrons. The van der Waals surface area contributed by atoms with Crippen molar-refractivity contribution < 1.29 is 23.8 Å². The number of fused-ring (bicyclic) bond motifs is 1. The summed E-state index contributed by atoms with van der Waals surface area (Å²) >= 11 is 0. The van der Waals surface area contributed by atoms with Gasteiger partial charge < -0.3 is 24.4 Å². The Morgan fingerprint density at radius 3 is 2.41 bits per heavy atom. The lowest BCUT2D eigenvalue weighted by atomic mass is 10.1. The largest absolute Gasteiger partial charge is 0.496 e. The maximum Gasteiger partial charge on any atom is 0.410 e. The number of benzene rings is 1. The molecule has 3 rings (SSSR count). The summed E-state index contributed by atoms with van der Waals surface area (Å²) in [5, 5.41) is 9.97. The summed E-state index contributed by atoms with van der Waals surface area (Å²) in [7, 11) is 2.97. The van der Waals surface area contributed by atoms with E-state index in [0.29, 0.717) is 36.8 Å². The SMILES string of the molecule is COc1cccc(OC)c1C(=O)Nc1n[nH]c2c1CN(C(=O)OC(C)(C)C)CC2. The van der Waals surface area contributed by atoms with Crippen molar-refractivity contribution >= 4 is 17.8 Å². The Bertz CT molecular complexity index is 894. The van der Waals surface area contributed by atoms with Gasteiger partial charge in [-0.05, 0) is 32.9 Å². The fraction of sp³-hybridized carbons (Fsp3) is 0.450. The molecule has 9 heteroatoms. The summed E-state index contributed by atoms with van der Waals surface area (Å²) in [6, 6.07) is 5.10. The number of hydrogen-bond acceptors (Lipinski definition) is 6. The molecular formula is C20H26N4O5. The van der Waals surface area contributed by atoms with Crippen LogP contribution in [0.5, 0.6) is 11.5 Å². The maximum atomic E-state index is 12.9. The van der Waals surface area contributed by atoms with E-state index in [1.807, 2.05) is 20.8 Å². The third kappa shape index (κ3) is 4.44. The second-order valence-electron chi connectivity index (χ2n) is 7.67. The molecule has 0 atom stereocenters. The number of aromatic nitrogens is 2. The summed E-state index contributed by atoms with van der Waals surface area (Å²) in [5.41, 5.74) is 1.33. The van der Waals surface area contributed by atoms with E-state index >= 15 is 0 Å². The minimum absolute atomic E-state index is 0.272. The van der Waals surface area contributed by atoms with Crippen molar-refractivity contribution in [2.75, 3.05) is 26.1 Å². The molecule has 0 fully saturated rings. The second-order valence-corrected chi connectivity index (χ2v) is 7.67. The number of ether oxygens (including phenoxy) is 3. The van der Waals surface area contributed by atoms with Gasteiger partial charge in [-0.3, -0.25) is 9.89 Å². The van der Waals surface area contributed by atoms with Gasteiger partial charge in [-0.25, -0.2) is 4.79 Å². The van der Waals surface area contributed by atoms with Gasteiger partial charge in [-0.1, -0.05) is 6.07 Å². The number of nitrogens with zero attached hydrogens (tertiary/aromatic N) is 2. The van der Waals surface area contributed by atoms with Crippen LogP contribution in [-0.4, -0.2) is 53.5 Å². The van der Waals surface area contributed by atoms with Crippen LogP contribution in [0.4, 0.5) is 10.6 Å². The van der Waals surface area contributed by atoms with Crippen molar-refractivity contribution in [3.63, 3.8) is 0 Å². The van der Waals surface area contributed by atoms with Crippen molar-refractivity contribution in [3.05, 3.63) is 35.0 Å². The summed E-state index contributed by atoms with van der Waals surface area (Å²) in [6.07, 6.45) is 0.197. The van der Waals surface area contributed by atoms with E-state index in [1.165, 1.54) is 14.2 Å². The van der Waals surface area contributed by atoms with Crippen molar-refractivity contribution in [3.8, 4) is 11.5 Å². The van der Waals surface area contributed by atoms with E-state index in [0.717, 1.165) is 11.3 Å². The first kappa shape index (κ1) is 20.5. The molecule has 0 aliphatic carbocycles. The first-order valence-electron chi connectivity index (χ1n) is 9.30. The Morgan fingerprint density at radius 1 is 1.17 bits per heavy atom. The Balaban J connectivity index is 1.81. The van der Waals surface area contributed by atoms with Crippen molar-refractivity contribution in [2.45, 2.75) is 39.3 Å². The lowest BCUT2D eigenvalue weighted by Gasteiger charge is -2.30. The average Bonchev–Trinajstić information content (AvgIpc) is 3.07. The van der Waals surface area contributed by atoms with Gasteiger partial charge in [0, 0.05) is 24.2 Å². The van der Waals surface area contributed by atoms with E-state index in [4.69, 9.17) is 14.2 Å². The Labute approximate surface area is 169 Å². The van der Waals surface area contributed by atoms with Crippen LogP contribution >= 0.6 is 0 Å². The predicted octanol–water partition coefficient (Wildman–Crippen LogP) is 2.97. The van der Waals surface area contributed by atoms with Crippen molar-refractivity contribution in [1.29, 1.82) is 0 Å². The van der Waals surface area contributed by atoms with Gasteiger partial charge in [-0.2, -0.15) is 5.10 Å². The quantitative estimate of drug-likeness (QED) is 0.814. The molecule has 0 saturated heterocycles. The fourth-order valence-corrected chi connectivity index (χ4v) is 3.13. The van der Waals surface area contributed by atoms with Crippen LogP contribution in [0.3, 0.4) is 0 Å². The molecule has 0 bridgehead atoms. The lowest BCUT2D eigenvalue weighted by molar-refractivity contribution is 0.0224. The van der Waals surface area contributed by atoms with E-state index in [9.17, 15) is 9.59 Å². The molecule has 0 saturated carbocycles. The molecule has 9 nitrogen and oxygen atoms in total. The van der Waals surface area contributed by atoms with Gasteiger partial charge in [0.2, 0.25) is 0 Å². The zero-order valence-corrected chi connectivity index (χ0v) is 17.3. The highest BCUT2D eigenvalue weighted by Gasteiger charge is 2.29. The summed E-state index contributed by atoms with van der Waals surface area (Å²) in [5.74, 6) is 0.734. The van der Waals surface area contributed by atoms with E-state index in [1.54, 1.807) is 23.1 Å². The molecule has 1 aromatic carbocycles. The molecular weight excluding hydrogens is 376 g/mol. The highest BCUT2D eigenvalue weighted by atomic mass is 16.6. The van der Waals surface area contributed by atoms with E-state index < -0.39 is 17.6 Å². The minimum Gasteiger partial charge on any atom is -0.496 e. The van der Waals surface area contributed by atoms with Crippen molar-refractivity contribution in [1.82, 2.24) is 15.1 Å². The number of anilines is 1. The number of rotatable bonds is 4. The third-order valence-corrected chi connectivity index (χ3v) is 4.47. The van der Waals surface area contributed by atoms with Gasteiger partial charge in [-0.15, -0.1) is 0 Å². The second kappa shape index (κ2) is 8.02. The molecule has 1 aliphatic heterocycles. The first-order valence-corrected chi connectivity index (χ1v) is 9.30. The standard InChI is InChI=1S/C20H26N4O5/c1-20(2,3)29-19(26)24-10-9-13-12(11-24)17(23-22-13)21-18(25)16-14(27-4)7-6-8-15(16)28-5/h6-8H,9-11H2,1-5H3,(H2,21,22,23,25). The molecule has 0 unspecified atom stereocenters. The summed E-state index contributed by atoms with van der Waals surface area (Å²) in [6.45, 7) is 6.27. The normalized spacial score (nSPS) is 13.5. The van der Waals surface area contributed by atoms with Crippen molar-refractivity contribution in [2.24, 2.45) is 0 Å². The minimum atomic E-state index is -0.578. The van der Waals surface area contributed by atoms with E-state index in [-0.39, 0.29) is 5.56 Å². The lowest BCUT2D eigenvalue weighted by Crippen LogP contribution is -2.40. The Kier molecular flexibility index (Phi) is 5.67. The first-order chi connectivity index (χ1) is 13.7. The molecule has 2 amide bonds. The van der Waals surface area contributed by atoms with Gasteiger partial charge in [0.1, 0.15) is 22.7 Å². The maximum absolute atomic E-state index is 12.9. The Morgan fingerprint density at radius 2 is 1.83 bits per heavy atom. The molecule has 2 N–H and O–H groups in total. The van der Waals surface area contributed by atoms with Crippen LogP contribution in [0.1, 0.15) is 42.4 Å². The van der Waals surface area contributed by atoms with Crippen LogP contribution in [0.2, 0.25) is 0 Å². The fourth-order valence-electron chi connectivity index (χ4n) is 3.13. The van der Waals surface area contributed by atoms with E-state index in [2.05, 4.69) is 15.5 Å². The molecule has 2 aromatic rings. The molecule has 1 aliphatic rings. The van der Waals surface area contributed by atoms with Crippen LogP contribution in [-0.2, 0) is 17.7 Å². The number of hydrogen-bond donors (Lipinski definition) is 2.